The van der Waals surface area contributed by atoms with E-state index in [0.717, 1.165) is 19.3 Å². The van der Waals surface area contributed by atoms with Gasteiger partial charge in [-0.2, -0.15) is 0 Å². The Morgan fingerprint density at radius 2 is 1.70 bits per heavy atom. The summed E-state index contributed by atoms with van der Waals surface area (Å²) in [5.41, 5.74) is 1.64. The van der Waals surface area contributed by atoms with E-state index in [-0.39, 0.29) is 23.6 Å². The van der Waals surface area contributed by atoms with Crippen molar-refractivity contribution < 1.29 is 14.4 Å². The number of nitrogens with zero attached hydrogens (tertiary/aromatic N) is 1. The van der Waals surface area contributed by atoms with E-state index in [1.54, 1.807) is 53.4 Å². The Morgan fingerprint density at radius 1 is 1.03 bits per heavy atom. The number of carbonyl (C=O) groups excluding carboxylic acids is 3. The highest BCUT2D eigenvalue weighted by atomic mass is 35.5. The topological polar surface area (TPSA) is 78.5 Å². The second kappa shape index (κ2) is 10.3. The van der Waals surface area contributed by atoms with E-state index in [2.05, 4.69) is 10.6 Å². The number of rotatable bonds is 6. The molecular formula is C23H26ClN3O3. The van der Waals surface area contributed by atoms with Crippen LogP contribution in [-0.2, 0) is 4.79 Å². The van der Waals surface area contributed by atoms with Crippen molar-refractivity contribution in [2.24, 2.45) is 5.92 Å². The lowest BCUT2D eigenvalue weighted by Crippen LogP contribution is -2.45. The summed E-state index contributed by atoms with van der Waals surface area (Å²) in [4.78, 5) is 39.1. The van der Waals surface area contributed by atoms with Crippen LogP contribution in [0.15, 0.2) is 48.5 Å². The predicted molar refractivity (Wildman–Crippen MR) is 118 cm³/mol. The molecule has 1 aliphatic heterocycles. The molecule has 3 rings (SSSR count). The van der Waals surface area contributed by atoms with Crippen molar-refractivity contribution in [2.45, 2.75) is 26.2 Å². The van der Waals surface area contributed by atoms with Crippen LogP contribution >= 0.6 is 11.6 Å². The van der Waals surface area contributed by atoms with Gasteiger partial charge in [-0.15, -0.1) is 0 Å². The molecule has 1 fully saturated rings. The lowest BCUT2D eigenvalue weighted by molar-refractivity contribution is -0.126. The van der Waals surface area contributed by atoms with Crippen molar-refractivity contribution in [3.63, 3.8) is 0 Å². The molecule has 2 N–H and O–H groups in total. The molecule has 3 amide bonds. The molecule has 2 aromatic carbocycles. The van der Waals surface area contributed by atoms with Gasteiger partial charge in [0.05, 0.1) is 5.92 Å². The third-order valence-electron chi connectivity index (χ3n) is 5.12. The van der Waals surface area contributed by atoms with Crippen molar-refractivity contribution >= 4 is 35.0 Å². The summed E-state index contributed by atoms with van der Waals surface area (Å²) in [5, 5.41) is 6.29. The molecule has 6 nitrogen and oxygen atoms in total. The molecule has 0 saturated carbocycles. The molecule has 0 spiro atoms. The van der Waals surface area contributed by atoms with E-state index >= 15 is 0 Å². The van der Waals surface area contributed by atoms with E-state index in [4.69, 9.17) is 11.6 Å². The summed E-state index contributed by atoms with van der Waals surface area (Å²) in [6, 6.07) is 13.4. The largest absolute Gasteiger partial charge is 0.356 e. The molecular weight excluding hydrogens is 402 g/mol. The maximum atomic E-state index is 12.9. The highest BCUT2D eigenvalue weighted by Gasteiger charge is 2.28. The Kier molecular flexibility index (Phi) is 7.46. The van der Waals surface area contributed by atoms with Crippen molar-refractivity contribution in [1.29, 1.82) is 0 Å². The molecule has 0 radical (unpaired) electrons. The van der Waals surface area contributed by atoms with Crippen LogP contribution in [0.1, 0.15) is 46.9 Å². The van der Waals surface area contributed by atoms with Crippen molar-refractivity contribution in [1.82, 2.24) is 10.2 Å². The number of halogens is 1. The van der Waals surface area contributed by atoms with Gasteiger partial charge in [0.25, 0.3) is 11.8 Å². The third kappa shape index (κ3) is 5.60. The summed E-state index contributed by atoms with van der Waals surface area (Å²) in [6.45, 7) is 3.75. The first-order valence-corrected chi connectivity index (χ1v) is 10.6. The summed E-state index contributed by atoms with van der Waals surface area (Å²) in [7, 11) is 0. The Balaban J connectivity index is 1.59. The van der Waals surface area contributed by atoms with Gasteiger partial charge in [-0.1, -0.05) is 18.5 Å². The van der Waals surface area contributed by atoms with E-state index in [9.17, 15) is 14.4 Å². The fourth-order valence-corrected chi connectivity index (χ4v) is 3.58. The van der Waals surface area contributed by atoms with Gasteiger partial charge in [0.2, 0.25) is 5.91 Å². The van der Waals surface area contributed by atoms with Crippen molar-refractivity contribution in [3.05, 3.63) is 64.7 Å². The zero-order valence-corrected chi connectivity index (χ0v) is 17.7. The maximum Gasteiger partial charge on any atom is 0.255 e. The van der Waals surface area contributed by atoms with Crippen molar-refractivity contribution in [3.8, 4) is 0 Å². The van der Waals surface area contributed by atoms with Gasteiger partial charge < -0.3 is 15.5 Å². The van der Waals surface area contributed by atoms with Crippen LogP contribution in [0.5, 0.6) is 0 Å². The molecule has 1 atom stereocenters. The van der Waals surface area contributed by atoms with Crippen LogP contribution in [0, 0.1) is 5.92 Å². The fourth-order valence-electron chi connectivity index (χ4n) is 3.45. The van der Waals surface area contributed by atoms with Crippen LogP contribution in [0.3, 0.4) is 0 Å². The first-order valence-electron chi connectivity index (χ1n) is 10.2. The van der Waals surface area contributed by atoms with Crippen LogP contribution < -0.4 is 10.6 Å². The molecule has 0 aromatic heterocycles. The molecule has 1 saturated heterocycles. The second-order valence-electron chi connectivity index (χ2n) is 7.42. The molecule has 1 heterocycles. The number of anilines is 1. The number of hydrogen-bond acceptors (Lipinski definition) is 3. The fraction of sp³-hybridized carbons (Fsp3) is 0.348. The molecule has 0 aliphatic carbocycles. The Morgan fingerprint density at radius 3 is 2.37 bits per heavy atom. The zero-order valence-electron chi connectivity index (χ0n) is 17.0. The molecule has 7 heteroatoms. The number of piperidine rings is 1. The minimum atomic E-state index is -0.247. The second-order valence-corrected chi connectivity index (χ2v) is 7.86. The number of nitrogens with one attached hydrogen (secondary N) is 2. The predicted octanol–water partition coefficient (Wildman–Crippen LogP) is 3.97. The van der Waals surface area contributed by atoms with E-state index in [1.165, 1.54) is 0 Å². The average molecular weight is 428 g/mol. The molecule has 2 aromatic rings. The Hall–Kier alpha value is -2.86. The van der Waals surface area contributed by atoms with Crippen LogP contribution in [-0.4, -0.2) is 42.3 Å². The first kappa shape index (κ1) is 21.8. The highest BCUT2D eigenvalue weighted by Crippen LogP contribution is 2.20. The van der Waals surface area contributed by atoms with Gasteiger partial charge in [0.15, 0.2) is 0 Å². The number of amides is 3. The van der Waals surface area contributed by atoms with E-state index in [1.807, 2.05) is 6.92 Å². The van der Waals surface area contributed by atoms with E-state index in [0.29, 0.717) is 41.5 Å². The smallest absolute Gasteiger partial charge is 0.255 e. The summed E-state index contributed by atoms with van der Waals surface area (Å²) in [6.07, 6.45) is 2.50. The maximum absolute atomic E-state index is 12.9. The number of benzene rings is 2. The molecule has 30 heavy (non-hydrogen) atoms. The van der Waals surface area contributed by atoms with Gasteiger partial charge in [-0.05, 0) is 67.8 Å². The van der Waals surface area contributed by atoms with E-state index < -0.39 is 0 Å². The number of likely N-dealkylation sites (tertiary alicyclic amines) is 1. The van der Waals surface area contributed by atoms with Crippen LogP contribution in [0.2, 0.25) is 5.02 Å². The van der Waals surface area contributed by atoms with Crippen molar-refractivity contribution in [2.75, 3.05) is 25.0 Å². The van der Waals surface area contributed by atoms with Gasteiger partial charge >= 0.3 is 0 Å². The minimum absolute atomic E-state index is 0.0228. The zero-order chi connectivity index (χ0) is 21.5. The van der Waals surface area contributed by atoms with Gasteiger partial charge in [-0.3, -0.25) is 14.4 Å². The molecule has 158 valence electrons. The monoisotopic (exact) mass is 427 g/mol. The van der Waals surface area contributed by atoms with Gasteiger partial charge in [-0.25, -0.2) is 0 Å². The lowest BCUT2D eigenvalue weighted by Gasteiger charge is -2.32. The average Bonchev–Trinajstić information content (AvgIpc) is 2.78. The number of carbonyl (C=O) groups is 3. The minimum Gasteiger partial charge on any atom is -0.356 e. The Labute approximate surface area is 181 Å². The third-order valence-corrected chi connectivity index (χ3v) is 5.38. The van der Waals surface area contributed by atoms with Crippen LogP contribution in [0.4, 0.5) is 5.69 Å². The quantitative estimate of drug-likeness (QED) is 0.732. The highest BCUT2D eigenvalue weighted by molar-refractivity contribution is 6.30. The summed E-state index contributed by atoms with van der Waals surface area (Å²) < 4.78 is 0. The van der Waals surface area contributed by atoms with Gasteiger partial charge in [0.1, 0.15) is 0 Å². The number of hydrogen-bond donors (Lipinski definition) is 2. The SMILES string of the molecule is CCCNC(=O)[C@H]1CCCN(C(=O)c2ccc(NC(=O)c3ccc(Cl)cc3)cc2)C1. The van der Waals surface area contributed by atoms with Crippen LogP contribution in [0.25, 0.3) is 0 Å². The summed E-state index contributed by atoms with van der Waals surface area (Å²) in [5.74, 6) is -0.483. The first-order chi connectivity index (χ1) is 14.5. The molecule has 0 bridgehead atoms. The standard InChI is InChI=1S/C23H26ClN3O3/c1-2-13-25-21(28)18-4-3-14-27(15-18)23(30)17-7-11-20(12-8-17)26-22(29)16-5-9-19(24)10-6-16/h5-12,18H,2-4,13-15H2,1H3,(H,25,28)(H,26,29)/t18-/m0/s1. The summed E-state index contributed by atoms with van der Waals surface area (Å²) >= 11 is 5.85. The van der Waals surface area contributed by atoms with Gasteiger partial charge in [0, 0.05) is 41.5 Å². The normalized spacial score (nSPS) is 16.1. The molecule has 1 aliphatic rings. The Bertz CT molecular complexity index is 897. The lowest BCUT2D eigenvalue weighted by atomic mass is 9.96. The molecule has 0 unspecified atom stereocenters.